The van der Waals surface area contributed by atoms with Gasteiger partial charge < -0.3 is 50.0 Å². The summed E-state index contributed by atoms with van der Waals surface area (Å²) in [5.74, 6) is 0. The Morgan fingerprint density at radius 3 is 2.05 bits per heavy atom. The van der Waals surface area contributed by atoms with Crippen molar-refractivity contribution < 1.29 is 50.0 Å². The average Bonchev–Trinajstić information content (AvgIpc) is 2.52. The van der Waals surface area contributed by atoms with Crippen LogP contribution in [0.1, 0.15) is 0 Å². The maximum atomic E-state index is 9.93. The van der Waals surface area contributed by atoms with Gasteiger partial charge in [-0.2, -0.15) is 0 Å². The maximum Gasteiger partial charge on any atom is 0.187 e. The van der Waals surface area contributed by atoms with Gasteiger partial charge in [0.15, 0.2) is 6.29 Å². The molecule has 2 aliphatic heterocycles. The van der Waals surface area contributed by atoms with E-state index in [9.17, 15) is 30.6 Å². The van der Waals surface area contributed by atoms with Gasteiger partial charge in [-0.25, -0.2) is 0 Å². The van der Waals surface area contributed by atoms with Crippen molar-refractivity contribution in [2.75, 3.05) is 19.8 Å². The van der Waals surface area contributed by atoms with E-state index in [4.69, 9.17) is 19.3 Å². The molecule has 0 radical (unpaired) electrons. The van der Waals surface area contributed by atoms with Gasteiger partial charge in [-0.1, -0.05) is 0 Å². The fraction of sp³-hybridized carbons (Fsp3) is 1.00. The molecule has 9 atom stereocenters. The van der Waals surface area contributed by atoms with E-state index >= 15 is 0 Å². The van der Waals surface area contributed by atoms with E-state index in [0.29, 0.717) is 0 Å². The van der Waals surface area contributed by atoms with Gasteiger partial charge >= 0.3 is 0 Å². The van der Waals surface area contributed by atoms with Crippen LogP contribution in [0, 0.1) is 0 Å². The van der Waals surface area contributed by atoms with E-state index in [1.807, 2.05) is 0 Å². The third-order valence-electron chi connectivity index (χ3n) is 3.90. The van der Waals surface area contributed by atoms with Crippen LogP contribution in [0.3, 0.4) is 0 Å². The number of hydrogen-bond donors (Lipinski definition) is 7. The lowest BCUT2D eigenvalue weighted by atomic mass is 9.97. The summed E-state index contributed by atoms with van der Waals surface area (Å²) in [5, 5.41) is 67.0. The highest BCUT2D eigenvalue weighted by Crippen LogP contribution is 2.27. The van der Waals surface area contributed by atoms with E-state index in [-0.39, 0.29) is 6.61 Å². The van der Waals surface area contributed by atoms with Crippen LogP contribution < -0.4 is 0 Å². The second-order valence-corrected chi connectivity index (χ2v) is 5.41. The molecule has 2 heterocycles. The Morgan fingerprint density at radius 2 is 1.45 bits per heavy atom. The highest BCUT2D eigenvalue weighted by Gasteiger charge is 2.48. The van der Waals surface area contributed by atoms with Crippen LogP contribution in [0.5, 0.6) is 0 Å². The minimum Gasteiger partial charge on any atom is -0.394 e. The normalized spacial score (nSPS) is 50.0. The molecule has 0 spiro atoms. The summed E-state index contributed by atoms with van der Waals surface area (Å²) in [4.78, 5) is 0. The minimum absolute atomic E-state index is 0.194. The van der Waals surface area contributed by atoms with Crippen LogP contribution >= 0.6 is 0 Å². The first-order valence-electron chi connectivity index (χ1n) is 6.95. The first-order valence-corrected chi connectivity index (χ1v) is 6.95. The average molecular weight is 326 g/mol. The number of aliphatic hydroxyl groups excluding tert-OH is 7. The SMILES string of the molecule is OCC1OCC(O)[C@@H](O)[C@@H]1O[C@@H]1OC(CO)[C@H](O)[C@H](O)C1O. The fourth-order valence-electron chi connectivity index (χ4n) is 2.51. The van der Waals surface area contributed by atoms with Crippen molar-refractivity contribution in [2.45, 2.75) is 55.1 Å². The monoisotopic (exact) mass is 326 g/mol. The molecular formula is C12H22O10. The van der Waals surface area contributed by atoms with Gasteiger partial charge in [0.25, 0.3) is 0 Å². The molecule has 2 fully saturated rings. The predicted molar refractivity (Wildman–Crippen MR) is 67.5 cm³/mol. The molecule has 10 heteroatoms. The van der Waals surface area contributed by atoms with Crippen molar-refractivity contribution >= 4 is 0 Å². The van der Waals surface area contributed by atoms with Crippen molar-refractivity contribution in [3.8, 4) is 0 Å². The third kappa shape index (κ3) is 3.41. The molecule has 0 aromatic rings. The molecule has 0 amide bonds. The Balaban J connectivity index is 2.09. The Labute approximate surface area is 126 Å². The number of ether oxygens (including phenoxy) is 3. The lowest BCUT2D eigenvalue weighted by Crippen LogP contribution is -2.63. The lowest BCUT2D eigenvalue weighted by molar-refractivity contribution is -0.336. The molecule has 0 bridgehead atoms. The van der Waals surface area contributed by atoms with E-state index in [0.717, 1.165) is 0 Å². The van der Waals surface area contributed by atoms with E-state index in [2.05, 4.69) is 0 Å². The van der Waals surface area contributed by atoms with Gasteiger partial charge in [-0.05, 0) is 0 Å². The summed E-state index contributed by atoms with van der Waals surface area (Å²) in [6.07, 6.45) is -12.3. The molecule has 130 valence electrons. The van der Waals surface area contributed by atoms with Crippen molar-refractivity contribution in [3.05, 3.63) is 0 Å². The molecule has 0 aromatic heterocycles. The third-order valence-corrected chi connectivity index (χ3v) is 3.90. The van der Waals surface area contributed by atoms with Gasteiger partial charge in [0.1, 0.15) is 48.8 Å². The summed E-state index contributed by atoms with van der Waals surface area (Å²) in [6.45, 7) is -1.33. The first-order chi connectivity index (χ1) is 10.4. The Kier molecular flexibility index (Phi) is 6.07. The molecule has 22 heavy (non-hydrogen) atoms. The quantitative estimate of drug-likeness (QED) is 0.266. The van der Waals surface area contributed by atoms with Gasteiger partial charge in [0.05, 0.1) is 19.8 Å². The summed E-state index contributed by atoms with van der Waals surface area (Å²) in [6, 6.07) is 0. The lowest BCUT2D eigenvalue weighted by Gasteiger charge is -2.44. The highest BCUT2D eigenvalue weighted by molar-refractivity contribution is 4.92. The standard InChI is InChI=1S/C12H22O10/c13-1-5-8(17)9(18)10(19)12(21-5)22-11-6(2-14)20-3-4(15)7(11)16/h4-19H,1-3H2/t4?,5?,6?,7-,8+,9+,10?,11-,12+/m1/s1. The van der Waals surface area contributed by atoms with Crippen LogP contribution in [0.15, 0.2) is 0 Å². The molecule has 2 aliphatic rings. The maximum absolute atomic E-state index is 9.93. The molecule has 0 aromatic carbocycles. The molecule has 10 nitrogen and oxygen atoms in total. The molecule has 7 N–H and O–H groups in total. The zero-order chi connectivity index (χ0) is 16.4. The molecule has 0 aliphatic carbocycles. The smallest absolute Gasteiger partial charge is 0.187 e. The van der Waals surface area contributed by atoms with Crippen molar-refractivity contribution in [3.63, 3.8) is 0 Å². The molecule has 4 unspecified atom stereocenters. The number of aliphatic hydroxyl groups is 7. The topological polar surface area (TPSA) is 169 Å². The van der Waals surface area contributed by atoms with Gasteiger partial charge in [0.2, 0.25) is 0 Å². The summed E-state index contributed by atoms with van der Waals surface area (Å²) < 4.78 is 15.6. The molecule has 2 rings (SSSR count). The van der Waals surface area contributed by atoms with Crippen molar-refractivity contribution in [2.24, 2.45) is 0 Å². The van der Waals surface area contributed by atoms with Crippen LogP contribution in [-0.4, -0.2) is 111 Å². The Bertz CT molecular complexity index is 351. The second kappa shape index (κ2) is 7.45. The highest BCUT2D eigenvalue weighted by atomic mass is 16.7. The zero-order valence-corrected chi connectivity index (χ0v) is 11.7. The van der Waals surface area contributed by atoms with Gasteiger partial charge in [-0.3, -0.25) is 0 Å². The Hall–Kier alpha value is -0.400. The Morgan fingerprint density at radius 1 is 0.818 bits per heavy atom. The van der Waals surface area contributed by atoms with Crippen molar-refractivity contribution in [1.29, 1.82) is 0 Å². The molecular weight excluding hydrogens is 304 g/mol. The molecule has 2 saturated heterocycles. The van der Waals surface area contributed by atoms with E-state index in [1.165, 1.54) is 0 Å². The van der Waals surface area contributed by atoms with E-state index in [1.54, 1.807) is 0 Å². The fourth-order valence-corrected chi connectivity index (χ4v) is 2.51. The largest absolute Gasteiger partial charge is 0.394 e. The first kappa shape index (κ1) is 17.9. The van der Waals surface area contributed by atoms with Crippen LogP contribution in [0.2, 0.25) is 0 Å². The predicted octanol–water partition coefficient (Wildman–Crippen LogP) is -4.72. The summed E-state index contributed by atoms with van der Waals surface area (Å²) >= 11 is 0. The zero-order valence-electron chi connectivity index (χ0n) is 11.7. The van der Waals surface area contributed by atoms with Gasteiger partial charge in [0, 0.05) is 0 Å². The second-order valence-electron chi connectivity index (χ2n) is 5.41. The minimum atomic E-state index is -1.65. The number of rotatable bonds is 4. The van der Waals surface area contributed by atoms with Crippen LogP contribution in [0.25, 0.3) is 0 Å². The summed E-state index contributed by atoms with van der Waals surface area (Å²) in [7, 11) is 0. The summed E-state index contributed by atoms with van der Waals surface area (Å²) in [5.41, 5.74) is 0. The van der Waals surface area contributed by atoms with Crippen LogP contribution in [-0.2, 0) is 14.2 Å². The van der Waals surface area contributed by atoms with E-state index < -0.39 is 68.3 Å². The number of hydrogen-bond acceptors (Lipinski definition) is 10. The van der Waals surface area contributed by atoms with Crippen molar-refractivity contribution in [1.82, 2.24) is 0 Å². The van der Waals surface area contributed by atoms with Gasteiger partial charge in [-0.15, -0.1) is 0 Å². The van der Waals surface area contributed by atoms with Crippen LogP contribution in [0.4, 0.5) is 0 Å². The molecule has 0 saturated carbocycles.